The van der Waals surface area contributed by atoms with E-state index in [4.69, 9.17) is 4.74 Å². The number of halogens is 1. The van der Waals surface area contributed by atoms with E-state index < -0.39 is 29.5 Å². The fourth-order valence-electron chi connectivity index (χ4n) is 3.09. The van der Waals surface area contributed by atoms with E-state index in [1.54, 1.807) is 12.1 Å². The highest BCUT2D eigenvalue weighted by Crippen LogP contribution is 2.20. The zero-order chi connectivity index (χ0) is 19.7. The van der Waals surface area contributed by atoms with Gasteiger partial charge in [0, 0.05) is 5.69 Å². The summed E-state index contributed by atoms with van der Waals surface area (Å²) < 4.78 is 18.5. The summed E-state index contributed by atoms with van der Waals surface area (Å²) in [6.07, 6.45) is -1.03. The molecule has 1 aliphatic heterocycles. The van der Waals surface area contributed by atoms with Gasteiger partial charge in [-0.1, -0.05) is 18.2 Å². The van der Waals surface area contributed by atoms with Crippen LogP contribution in [0.4, 0.5) is 14.9 Å². The number of pyridine rings is 1. The summed E-state index contributed by atoms with van der Waals surface area (Å²) in [6, 6.07) is 14.4. The zero-order valence-corrected chi connectivity index (χ0v) is 14.6. The van der Waals surface area contributed by atoms with Gasteiger partial charge >= 0.3 is 6.09 Å². The van der Waals surface area contributed by atoms with E-state index in [9.17, 15) is 18.8 Å². The number of anilines is 1. The number of carbonyl (C=O) groups excluding carboxylic acids is 2. The van der Waals surface area contributed by atoms with Crippen molar-refractivity contribution in [2.75, 3.05) is 18.0 Å². The Kier molecular flexibility index (Phi) is 4.52. The van der Waals surface area contributed by atoms with Crippen LogP contribution in [-0.4, -0.2) is 36.2 Å². The molecule has 7 nitrogen and oxygen atoms in total. The van der Waals surface area contributed by atoms with Gasteiger partial charge in [0.2, 0.25) is 0 Å². The second kappa shape index (κ2) is 7.15. The lowest BCUT2D eigenvalue weighted by Crippen LogP contribution is -2.36. The number of para-hydroxylation sites is 1. The van der Waals surface area contributed by atoms with Crippen LogP contribution in [0.5, 0.6) is 0 Å². The maximum atomic E-state index is 13.3. The van der Waals surface area contributed by atoms with Gasteiger partial charge in [0.15, 0.2) is 0 Å². The molecule has 1 aliphatic rings. The molecular weight excluding hydrogens is 365 g/mol. The van der Waals surface area contributed by atoms with Crippen molar-refractivity contribution in [2.45, 2.75) is 6.10 Å². The monoisotopic (exact) mass is 381 g/mol. The molecule has 0 aliphatic carbocycles. The van der Waals surface area contributed by atoms with E-state index in [1.807, 2.05) is 18.2 Å². The molecule has 4 rings (SSSR count). The maximum Gasteiger partial charge on any atom is 0.414 e. The minimum atomic E-state index is -0.620. The van der Waals surface area contributed by atoms with Gasteiger partial charge in [-0.3, -0.25) is 14.5 Å². The molecule has 28 heavy (non-hydrogen) atoms. The van der Waals surface area contributed by atoms with Gasteiger partial charge in [-0.2, -0.15) is 0 Å². The number of aromatic amines is 1. The van der Waals surface area contributed by atoms with Gasteiger partial charge in [0.1, 0.15) is 17.5 Å². The van der Waals surface area contributed by atoms with Crippen LogP contribution in [0.3, 0.4) is 0 Å². The first-order chi connectivity index (χ1) is 13.5. The van der Waals surface area contributed by atoms with Gasteiger partial charge < -0.3 is 15.0 Å². The van der Waals surface area contributed by atoms with Gasteiger partial charge in [-0.05, 0) is 41.8 Å². The summed E-state index contributed by atoms with van der Waals surface area (Å²) in [5.41, 5.74) is 0.303. The third-order valence-electron chi connectivity index (χ3n) is 4.48. The second-order valence-corrected chi connectivity index (χ2v) is 6.41. The number of aromatic nitrogens is 1. The average molecular weight is 381 g/mol. The third-order valence-corrected chi connectivity index (χ3v) is 4.48. The molecule has 0 radical (unpaired) electrons. The molecule has 3 aromatic rings. The van der Waals surface area contributed by atoms with Crippen molar-refractivity contribution in [1.82, 2.24) is 10.3 Å². The lowest BCUT2D eigenvalue weighted by atomic mass is 10.1. The second-order valence-electron chi connectivity index (χ2n) is 6.41. The van der Waals surface area contributed by atoms with Crippen LogP contribution in [0, 0.1) is 5.82 Å². The van der Waals surface area contributed by atoms with Crippen LogP contribution in [0.1, 0.15) is 10.4 Å². The molecule has 2 N–H and O–H groups in total. The number of nitrogens with one attached hydrogen (secondary N) is 2. The van der Waals surface area contributed by atoms with Crippen molar-refractivity contribution in [3.05, 3.63) is 76.3 Å². The molecule has 1 fully saturated rings. The van der Waals surface area contributed by atoms with Crippen LogP contribution >= 0.6 is 0 Å². The Morgan fingerprint density at radius 2 is 1.96 bits per heavy atom. The number of fused-ring (bicyclic) bond motifs is 1. The summed E-state index contributed by atoms with van der Waals surface area (Å²) in [7, 11) is 0. The number of ether oxygens (including phenoxy) is 1. The first kappa shape index (κ1) is 17.7. The number of benzene rings is 2. The Morgan fingerprint density at radius 3 is 2.75 bits per heavy atom. The largest absolute Gasteiger partial charge is 0.442 e. The molecule has 1 unspecified atom stereocenters. The molecule has 1 aromatic heterocycles. The number of amides is 2. The fraction of sp³-hybridized carbons (Fsp3) is 0.150. The van der Waals surface area contributed by atoms with E-state index in [0.717, 1.165) is 0 Å². The first-order valence-corrected chi connectivity index (χ1v) is 8.65. The number of hydrogen-bond acceptors (Lipinski definition) is 4. The maximum absolute atomic E-state index is 13.3. The number of H-pyrrole nitrogens is 1. The molecule has 2 aromatic carbocycles. The van der Waals surface area contributed by atoms with Crippen LogP contribution in [0.25, 0.3) is 10.9 Å². The van der Waals surface area contributed by atoms with Crippen molar-refractivity contribution in [3.8, 4) is 0 Å². The first-order valence-electron chi connectivity index (χ1n) is 8.65. The summed E-state index contributed by atoms with van der Waals surface area (Å²) >= 11 is 0. The van der Waals surface area contributed by atoms with Crippen molar-refractivity contribution in [3.63, 3.8) is 0 Å². The number of hydrogen-bond donors (Lipinski definition) is 2. The van der Waals surface area contributed by atoms with Crippen LogP contribution < -0.4 is 15.8 Å². The molecule has 0 spiro atoms. The van der Waals surface area contributed by atoms with Gasteiger partial charge in [0.25, 0.3) is 11.5 Å². The van der Waals surface area contributed by atoms with Crippen molar-refractivity contribution < 1.29 is 18.7 Å². The van der Waals surface area contributed by atoms with Gasteiger partial charge in [0.05, 0.1) is 18.6 Å². The number of carbonyl (C=O) groups is 2. The van der Waals surface area contributed by atoms with E-state index in [0.29, 0.717) is 16.6 Å². The lowest BCUT2D eigenvalue weighted by Gasteiger charge is -2.12. The van der Waals surface area contributed by atoms with E-state index in [2.05, 4.69) is 10.3 Å². The predicted molar refractivity (Wildman–Crippen MR) is 101 cm³/mol. The minimum Gasteiger partial charge on any atom is -0.442 e. The summed E-state index contributed by atoms with van der Waals surface area (Å²) in [6.45, 7) is 0.352. The smallest absolute Gasteiger partial charge is 0.414 e. The predicted octanol–water partition coefficient (Wildman–Crippen LogP) is 2.42. The highest BCUT2D eigenvalue weighted by molar-refractivity contribution is 5.97. The topological polar surface area (TPSA) is 91.5 Å². The SMILES string of the molecule is O=C(NCC1CN(c2ccccc2)C(=O)O1)c1cc2ccc(F)cc2[nH]c1=O. The van der Waals surface area contributed by atoms with Crippen LogP contribution in [0.15, 0.2) is 59.4 Å². The number of rotatable bonds is 4. The zero-order valence-electron chi connectivity index (χ0n) is 14.6. The highest BCUT2D eigenvalue weighted by atomic mass is 19.1. The average Bonchev–Trinajstić information content (AvgIpc) is 3.07. The molecule has 2 heterocycles. The molecule has 0 bridgehead atoms. The number of nitrogens with zero attached hydrogens (tertiary/aromatic N) is 1. The van der Waals surface area contributed by atoms with Crippen molar-refractivity contribution in [1.29, 1.82) is 0 Å². The molecule has 1 saturated heterocycles. The molecular formula is C20H16FN3O4. The van der Waals surface area contributed by atoms with Crippen molar-refractivity contribution in [2.24, 2.45) is 0 Å². The third kappa shape index (κ3) is 3.44. The highest BCUT2D eigenvalue weighted by Gasteiger charge is 2.32. The number of cyclic esters (lactones) is 1. The molecule has 8 heteroatoms. The standard InChI is InChI=1S/C20H16FN3O4/c21-13-7-6-12-8-16(19(26)23-17(12)9-13)18(25)22-10-15-11-24(20(27)28-15)14-4-2-1-3-5-14/h1-9,15H,10-11H2,(H,22,25)(H,23,26). The van der Waals surface area contributed by atoms with E-state index >= 15 is 0 Å². The Labute approximate surface area is 158 Å². The Balaban J connectivity index is 1.44. The van der Waals surface area contributed by atoms with Gasteiger partial charge in [-0.15, -0.1) is 0 Å². The fourth-order valence-corrected chi connectivity index (χ4v) is 3.09. The van der Waals surface area contributed by atoms with E-state index in [-0.39, 0.29) is 18.7 Å². The quantitative estimate of drug-likeness (QED) is 0.726. The van der Waals surface area contributed by atoms with Gasteiger partial charge in [-0.25, -0.2) is 9.18 Å². The Morgan fingerprint density at radius 1 is 1.18 bits per heavy atom. The molecule has 2 amide bonds. The molecule has 1 atom stereocenters. The lowest BCUT2D eigenvalue weighted by molar-refractivity contribution is 0.0915. The van der Waals surface area contributed by atoms with Crippen molar-refractivity contribution >= 4 is 28.6 Å². The minimum absolute atomic E-state index is 0.0643. The van der Waals surface area contributed by atoms with E-state index in [1.165, 1.54) is 29.2 Å². The normalized spacial score (nSPS) is 16.2. The Hall–Kier alpha value is -3.68. The molecule has 142 valence electrons. The molecule has 0 saturated carbocycles. The summed E-state index contributed by atoms with van der Waals surface area (Å²) in [5, 5.41) is 3.15. The van der Waals surface area contributed by atoms with Crippen LogP contribution in [0.2, 0.25) is 0 Å². The summed E-state index contributed by atoms with van der Waals surface area (Å²) in [5.74, 6) is -1.08. The van der Waals surface area contributed by atoms with Crippen LogP contribution in [-0.2, 0) is 4.74 Å². The Bertz CT molecular complexity index is 1110. The summed E-state index contributed by atoms with van der Waals surface area (Å²) in [4.78, 5) is 40.6.